The van der Waals surface area contributed by atoms with E-state index in [4.69, 9.17) is 4.99 Å². The van der Waals surface area contributed by atoms with Gasteiger partial charge in [-0.2, -0.15) is 0 Å². The predicted molar refractivity (Wildman–Crippen MR) is 73.1 cm³/mol. The van der Waals surface area contributed by atoms with E-state index >= 15 is 0 Å². The second kappa shape index (κ2) is 4.99. The molecule has 16 heavy (non-hydrogen) atoms. The molecule has 1 saturated carbocycles. The van der Waals surface area contributed by atoms with E-state index < -0.39 is 0 Å². The Hall–Kier alpha value is -0.180. The highest BCUT2D eigenvalue weighted by Crippen LogP contribution is 2.36. The Bertz CT molecular complexity index is 264. The largest absolute Gasteiger partial charge is 0.359 e. The first kappa shape index (κ1) is 12.3. The smallest absolute Gasteiger partial charge is 0.157 e. The van der Waals surface area contributed by atoms with Crippen LogP contribution in [0.3, 0.4) is 0 Å². The van der Waals surface area contributed by atoms with Crippen LogP contribution in [-0.2, 0) is 0 Å². The molecule has 1 atom stereocenters. The first-order valence-corrected chi connectivity index (χ1v) is 7.61. The van der Waals surface area contributed by atoms with Gasteiger partial charge >= 0.3 is 0 Å². The van der Waals surface area contributed by atoms with Gasteiger partial charge in [-0.15, -0.1) is 0 Å². The van der Waals surface area contributed by atoms with Crippen LogP contribution >= 0.6 is 11.8 Å². The molecule has 0 bridgehead atoms. The monoisotopic (exact) mass is 240 g/mol. The molecular weight excluding hydrogens is 216 g/mol. The molecule has 0 saturated heterocycles. The standard InChI is InChI=1S/C13H24N2S/c1-4-13(6-5-7-13)15-12-14-11(9-16-12)8-10(2)3/h10-11H,4-9H2,1-3H3,(H,14,15). The second-order valence-corrected chi connectivity index (χ2v) is 6.65. The van der Waals surface area contributed by atoms with Gasteiger partial charge in [0.1, 0.15) is 0 Å². The van der Waals surface area contributed by atoms with Crippen LogP contribution in [0.25, 0.3) is 0 Å². The molecule has 0 aromatic carbocycles. The van der Waals surface area contributed by atoms with Crippen LogP contribution in [0, 0.1) is 5.92 Å². The summed E-state index contributed by atoms with van der Waals surface area (Å²) in [6.45, 7) is 6.86. The van der Waals surface area contributed by atoms with Crippen molar-refractivity contribution in [2.45, 2.75) is 64.5 Å². The highest BCUT2D eigenvalue weighted by atomic mass is 32.2. The average Bonchev–Trinajstić information content (AvgIpc) is 2.58. The van der Waals surface area contributed by atoms with Gasteiger partial charge in [-0.1, -0.05) is 32.5 Å². The van der Waals surface area contributed by atoms with Crippen molar-refractivity contribution in [3.63, 3.8) is 0 Å². The quantitative estimate of drug-likeness (QED) is 0.814. The number of hydrogen-bond donors (Lipinski definition) is 1. The van der Waals surface area contributed by atoms with Crippen LogP contribution in [0.4, 0.5) is 0 Å². The van der Waals surface area contributed by atoms with Crippen LogP contribution < -0.4 is 5.32 Å². The van der Waals surface area contributed by atoms with E-state index in [0.717, 1.165) is 5.92 Å². The zero-order valence-electron chi connectivity index (χ0n) is 10.8. The summed E-state index contributed by atoms with van der Waals surface area (Å²) in [6.07, 6.45) is 6.52. The van der Waals surface area contributed by atoms with Gasteiger partial charge in [-0.05, 0) is 38.0 Å². The Morgan fingerprint density at radius 1 is 1.50 bits per heavy atom. The molecule has 1 aliphatic heterocycles. The van der Waals surface area contributed by atoms with E-state index in [1.54, 1.807) is 0 Å². The van der Waals surface area contributed by atoms with Gasteiger partial charge < -0.3 is 5.32 Å². The number of amidine groups is 1. The zero-order chi connectivity index (χ0) is 11.6. The lowest BCUT2D eigenvalue weighted by molar-refractivity contribution is 0.211. The van der Waals surface area contributed by atoms with Gasteiger partial charge in [-0.3, -0.25) is 4.99 Å². The van der Waals surface area contributed by atoms with Gasteiger partial charge in [0.2, 0.25) is 0 Å². The molecule has 0 aromatic heterocycles. The average molecular weight is 240 g/mol. The summed E-state index contributed by atoms with van der Waals surface area (Å²) < 4.78 is 0. The third-order valence-electron chi connectivity index (χ3n) is 3.82. The van der Waals surface area contributed by atoms with E-state index in [1.165, 1.54) is 43.0 Å². The fraction of sp³-hybridized carbons (Fsp3) is 0.923. The molecule has 1 N–H and O–H groups in total. The van der Waals surface area contributed by atoms with Crippen LogP contribution in [0.5, 0.6) is 0 Å². The Morgan fingerprint density at radius 2 is 2.25 bits per heavy atom. The Morgan fingerprint density at radius 3 is 2.75 bits per heavy atom. The number of aliphatic imine (C=N–C) groups is 1. The summed E-state index contributed by atoms with van der Waals surface area (Å²) in [6, 6.07) is 0.557. The molecule has 1 fully saturated rings. The second-order valence-electron chi connectivity index (χ2n) is 5.64. The molecule has 1 unspecified atom stereocenters. The molecule has 2 rings (SSSR count). The van der Waals surface area contributed by atoms with E-state index in [-0.39, 0.29) is 0 Å². The minimum atomic E-state index is 0.401. The maximum absolute atomic E-state index is 4.81. The number of rotatable bonds is 4. The number of nitrogens with one attached hydrogen (secondary N) is 1. The van der Waals surface area contributed by atoms with Gasteiger partial charge in [0, 0.05) is 11.3 Å². The van der Waals surface area contributed by atoms with Crippen LogP contribution in [-0.4, -0.2) is 22.5 Å². The van der Waals surface area contributed by atoms with E-state index in [1.807, 2.05) is 11.8 Å². The van der Waals surface area contributed by atoms with Gasteiger partial charge in [0.25, 0.3) is 0 Å². The summed E-state index contributed by atoms with van der Waals surface area (Å²) in [5.41, 5.74) is 0.401. The Balaban J connectivity index is 1.86. The van der Waals surface area contributed by atoms with Crippen molar-refractivity contribution in [3.05, 3.63) is 0 Å². The number of nitrogens with zero attached hydrogens (tertiary/aromatic N) is 1. The summed E-state index contributed by atoms with van der Waals surface area (Å²) in [7, 11) is 0. The van der Waals surface area contributed by atoms with Crippen molar-refractivity contribution in [2.24, 2.45) is 10.9 Å². The molecule has 2 nitrogen and oxygen atoms in total. The molecule has 0 radical (unpaired) electrons. The first-order chi connectivity index (χ1) is 7.63. The molecule has 1 heterocycles. The molecular formula is C13H24N2S. The fourth-order valence-corrected chi connectivity index (χ4v) is 3.62. The zero-order valence-corrected chi connectivity index (χ0v) is 11.6. The Labute approximate surface area is 104 Å². The molecule has 3 heteroatoms. The lowest BCUT2D eigenvalue weighted by atomic mass is 9.75. The SMILES string of the molecule is CCC1(NC2=NC(CC(C)C)CS2)CCC1. The lowest BCUT2D eigenvalue weighted by Gasteiger charge is -2.42. The fourth-order valence-electron chi connectivity index (χ4n) is 2.55. The summed E-state index contributed by atoms with van der Waals surface area (Å²) in [5, 5.41) is 4.91. The molecule has 2 aliphatic rings. The summed E-state index contributed by atoms with van der Waals surface area (Å²) in [5.74, 6) is 1.94. The van der Waals surface area contributed by atoms with Crippen molar-refractivity contribution in [1.82, 2.24) is 5.32 Å². The summed E-state index contributed by atoms with van der Waals surface area (Å²) >= 11 is 1.92. The normalized spacial score (nSPS) is 27.8. The maximum Gasteiger partial charge on any atom is 0.157 e. The van der Waals surface area contributed by atoms with Crippen molar-refractivity contribution < 1.29 is 0 Å². The first-order valence-electron chi connectivity index (χ1n) is 6.62. The minimum Gasteiger partial charge on any atom is -0.359 e. The van der Waals surface area contributed by atoms with Crippen molar-refractivity contribution in [1.29, 1.82) is 0 Å². The number of thioether (sulfide) groups is 1. The molecule has 0 spiro atoms. The van der Waals surface area contributed by atoms with Crippen molar-refractivity contribution in [3.8, 4) is 0 Å². The predicted octanol–water partition coefficient (Wildman–Crippen LogP) is 3.43. The third-order valence-corrected chi connectivity index (χ3v) is 4.85. The molecule has 1 aliphatic carbocycles. The minimum absolute atomic E-state index is 0.401. The summed E-state index contributed by atoms with van der Waals surface area (Å²) in [4.78, 5) is 4.81. The Kier molecular flexibility index (Phi) is 3.83. The van der Waals surface area contributed by atoms with Gasteiger partial charge in [0.15, 0.2) is 5.17 Å². The molecule has 0 aromatic rings. The lowest BCUT2D eigenvalue weighted by Crippen LogP contribution is -2.52. The number of hydrogen-bond acceptors (Lipinski definition) is 3. The topological polar surface area (TPSA) is 24.4 Å². The third kappa shape index (κ3) is 2.73. The van der Waals surface area contributed by atoms with Gasteiger partial charge in [-0.25, -0.2) is 0 Å². The van der Waals surface area contributed by atoms with Crippen molar-refractivity contribution >= 4 is 16.9 Å². The maximum atomic E-state index is 4.81. The van der Waals surface area contributed by atoms with E-state index in [0.29, 0.717) is 11.6 Å². The van der Waals surface area contributed by atoms with E-state index in [2.05, 4.69) is 26.1 Å². The van der Waals surface area contributed by atoms with Gasteiger partial charge in [0.05, 0.1) is 6.04 Å². The highest BCUT2D eigenvalue weighted by molar-refractivity contribution is 8.14. The van der Waals surface area contributed by atoms with E-state index in [9.17, 15) is 0 Å². The van der Waals surface area contributed by atoms with Crippen molar-refractivity contribution in [2.75, 3.05) is 5.75 Å². The molecule has 92 valence electrons. The van der Waals surface area contributed by atoms with Crippen LogP contribution in [0.15, 0.2) is 4.99 Å². The molecule has 0 amide bonds. The van der Waals surface area contributed by atoms with Crippen LogP contribution in [0.1, 0.15) is 52.9 Å². The highest BCUT2D eigenvalue weighted by Gasteiger charge is 2.36. The van der Waals surface area contributed by atoms with Crippen LogP contribution in [0.2, 0.25) is 0 Å².